The van der Waals surface area contributed by atoms with E-state index in [0.29, 0.717) is 17.3 Å². The third-order valence-corrected chi connectivity index (χ3v) is 1.55. The molecule has 1 aromatic heterocycles. The summed E-state index contributed by atoms with van der Waals surface area (Å²) in [6.07, 6.45) is 2.20. The normalized spacial score (nSPS) is 9.42. The molecule has 0 saturated carbocycles. The van der Waals surface area contributed by atoms with Crippen molar-refractivity contribution < 1.29 is 4.74 Å². The van der Waals surface area contributed by atoms with Gasteiger partial charge in [-0.3, -0.25) is 0 Å². The molecule has 0 fully saturated rings. The van der Waals surface area contributed by atoms with Crippen LogP contribution in [0.15, 0.2) is 18.3 Å². The minimum atomic E-state index is 0.446. The molecule has 1 rings (SSSR count). The summed E-state index contributed by atoms with van der Waals surface area (Å²) in [6, 6.07) is 3.72. The molecule has 0 unspecified atom stereocenters. The summed E-state index contributed by atoms with van der Waals surface area (Å²) in [5, 5.41) is 0. The first-order chi connectivity index (χ1) is 5.74. The number of methoxy groups -OCH3 is 1. The summed E-state index contributed by atoms with van der Waals surface area (Å²) in [6.45, 7) is 0. The maximum Gasteiger partial charge on any atom is 0.216 e. The maximum atomic E-state index is 5.40. The van der Waals surface area contributed by atoms with Crippen LogP contribution >= 0.6 is 12.2 Å². The lowest BCUT2D eigenvalue weighted by molar-refractivity contribution is 0.394. The predicted octanol–water partition coefficient (Wildman–Crippen LogP) is 0.919. The first-order valence-electron chi connectivity index (χ1n) is 3.50. The average Bonchev–Trinajstić information content (AvgIpc) is 2.04. The van der Waals surface area contributed by atoms with Crippen LogP contribution in [0.5, 0.6) is 5.88 Å². The lowest BCUT2D eigenvalue weighted by Crippen LogP contribution is -2.12. The van der Waals surface area contributed by atoms with Gasteiger partial charge in [-0.15, -0.1) is 0 Å². The number of thiocarbonyl (C=S) groups is 1. The van der Waals surface area contributed by atoms with Gasteiger partial charge in [-0.2, -0.15) is 0 Å². The smallest absolute Gasteiger partial charge is 0.216 e. The number of hydrogen-bond donors (Lipinski definition) is 1. The highest BCUT2D eigenvalue weighted by Crippen LogP contribution is 2.13. The van der Waals surface area contributed by atoms with E-state index < -0.39 is 0 Å². The summed E-state index contributed by atoms with van der Waals surface area (Å²) in [4.78, 5) is 4.46. The molecular weight excluding hydrogens is 172 g/mol. The molecular formula is C8H10N2OS. The number of pyridine rings is 1. The van der Waals surface area contributed by atoms with Crippen LogP contribution in [0.1, 0.15) is 5.56 Å². The monoisotopic (exact) mass is 182 g/mol. The Kier molecular flexibility index (Phi) is 2.99. The lowest BCUT2D eigenvalue weighted by Gasteiger charge is -2.04. The third-order valence-electron chi connectivity index (χ3n) is 1.41. The fourth-order valence-corrected chi connectivity index (χ4v) is 1.09. The molecule has 0 aromatic carbocycles. The van der Waals surface area contributed by atoms with E-state index in [-0.39, 0.29) is 0 Å². The highest BCUT2D eigenvalue weighted by molar-refractivity contribution is 7.80. The van der Waals surface area contributed by atoms with Crippen LogP contribution in [0.4, 0.5) is 0 Å². The Morgan fingerprint density at radius 3 is 3.08 bits per heavy atom. The van der Waals surface area contributed by atoms with E-state index in [1.165, 1.54) is 0 Å². The number of rotatable bonds is 3. The summed E-state index contributed by atoms with van der Waals surface area (Å²) >= 11 is 4.78. The standard InChI is InChI=1S/C8H10N2OS/c1-11-8-6(5-7(9)12)3-2-4-10-8/h2-4H,5H2,1H3,(H2,9,12). The van der Waals surface area contributed by atoms with Crippen molar-refractivity contribution in [3.8, 4) is 5.88 Å². The van der Waals surface area contributed by atoms with Gasteiger partial charge >= 0.3 is 0 Å². The van der Waals surface area contributed by atoms with Crippen molar-refractivity contribution in [2.45, 2.75) is 6.42 Å². The van der Waals surface area contributed by atoms with E-state index in [4.69, 9.17) is 22.7 Å². The van der Waals surface area contributed by atoms with Gasteiger partial charge in [0.05, 0.1) is 12.1 Å². The molecule has 64 valence electrons. The second-order valence-electron chi connectivity index (χ2n) is 2.31. The highest BCUT2D eigenvalue weighted by atomic mass is 32.1. The summed E-state index contributed by atoms with van der Waals surface area (Å²) < 4.78 is 5.02. The van der Waals surface area contributed by atoms with Crippen molar-refractivity contribution in [1.29, 1.82) is 0 Å². The van der Waals surface area contributed by atoms with Crippen molar-refractivity contribution in [1.82, 2.24) is 4.98 Å². The van der Waals surface area contributed by atoms with Gasteiger partial charge in [-0.05, 0) is 6.07 Å². The Hall–Kier alpha value is -1.16. The molecule has 0 amide bonds. The SMILES string of the molecule is COc1ncccc1CC(N)=S. The Bertz CT molecular complexity index is 288. The molecule has 4 heteroatoms. The van der Waals surface area contributed by atoms with Gasteiger partial charge < -0.3 is 10.5 Å². The fourth-order valence-electron chi connectivity index (χ4n) is 0.930. The Labute approximate surface area is 76.6 Å². The zero-order chi connectivity index (χ0) is 8.97. The van der Waals surface area contributed by atoms with E-state index in [2.05, 4.69) is 4.98 Å². The van der Waals surface area contributed by atoms with Gasteiger partial charge in [0, 0.05) is 18.2 Å². The second-order valence-corrected chi connectivity index (χ2v) is 2.84. The molecule has 2 N–H and O–H groups in total. The molecule has 0 spiro atoms. The van der Waals surface area contributed by atoms with E-state index in [1.54, 1.807) is 13.3 Å². The maximum absolute atomic E-state index is 5.40. The van der Waals surface area contributed by atoms with Crippen LogP contribution in [-0.4, -0.2) is 17.1 Å². The van der Waals surface area contributed by atoms with E-state index in [0.717, 1.165) is 5.56 Å². The number of nitrogens with two attached hydrogens (primary N) is 1. The van der Waals surface area contributed by atoms with Crippen LogP contribution in [0, 0.1) is 0 Å². The van der Waals surface area contributed by atoms with Gasteiger partial charge in [0.2, 0.25) is 5.88 Å². The van der Waals surface area contributed by atoms with Gasteiger partial charge in [-0.1, -0.05) is 18.3 Å². The first kappa shape index (κ1) is 8.93. The van der Waals surface area contributed by atoms with Crippen molar-refractivity contribution in [3.63, 3.8) is 0 Å². The van der Waals surface area contributed by atoms with Crippen LogP contribution < -0.4 is 10.5 Å². The minimum absolute atomic E-state index is 0.446. The molecule has 0 atom stereocenters. The van der Waals surface area contributed by atoms with Crippen molar-refractivity contribution in [2.24, 2.45) is 5.73 Å². The predicted molar refractivity (Wildman–Crippen MR) is 51.3 cm³/mol. The van der Waals surface area contributed by atoms with E-state index in [9.17, 15) is 0 Å². The third kappa shape index (κ3) is 2.17. The molecule has 0 aliphatic rings. The summed E-state index contributed by atoms with van der Waals surface area (Å²) in [5.74, 6) is 0.588. The average molecular weight is 182 g/mol. The van der Waals surface area contributed by atoms with E-state index in [1.807, 2.05) is 12.1 Å². The Morgan fingerprint density at radius 2 is 2.50 bits per heavy atom. The molecule has 0 aliphatic heterocycles. The first-order valence-corrected chi connectivity index (χ1v) is 3.91. The van der Waals surface area contributed by atoms with Gasteiger partial charge in [0.15, 0.2) is 0 Å². The number of aromatic nitrogens is 1. The van der Waals surface area contributed by atoms with Crippen LogP contribution in [0.3, 0.4) is 0 Å². The minimum Gasteiger partial charge on any atom is -0.481 e. The highest BCUT2D eigenvalue weighted by Gasteiger charge is 2.03. The number of ether oxygens (including phenoxy) is 1. The molecule has 12 heavy (non-hydrogen) atoms. The van der Waals surface area contributed by atoms with Crippen LogP contribution in [-0.2, 0) is 6.42 Å². The van der Waals surface area contributed by atoms with Gasteiger partial charge in [0.25, 0.3) is 0 Å². The Balaban J connectivity index is 2.89. The van der Waals surface area contributed by atoms with E-state index >= 15 is 0 Å². The molecule has 0 aliphatic carbocycles. The zero-order valence-electron chi connectivity index (χ0n) is 6.78. The van der Waals surface area contributed by atoms with Crippen LogP contribution in [0.2, 0.25) is 0 Å². The van der Waals surface area contributed by atoms with Crippen molar-refractivity contribution in [2.75, 3.05) is 7.11 Å². The quantitative estimate of drug-likeness (QED) is 0.706. The largest absolute Gasteiger partial charge is 0.481 e. The number of nitrogens with zero attached hydrogens (tertiary/aromatic N) is 1. The molecule has 3 nitrogen and oxygen atoms in total. The molecule has 1 heterocycles. The lowest BCUT2D eigenvalue weighted by atomic mass is 10.2. The van der Waals surface area contributed by atoms with Gasteiger partial charge in [-0.25, -0.2) is 4.98 Å². The fraction of sp³-hybridized carbons (Fsp3) is 0.250. The summed E-state index contributed by atoms with van der Waals surface area (Å²) in [7, 11) is 1.57. The summed E-state index contributed by atoms with van der Waals surface area (Å²) in [5.41, 5.74) is 6.32. The van der Waals surface area contributed by atoms with Crippen molar-refractivity contribution in [3.05, 3.63) is 23.9 Å². The topological polar surface area (TPSA) is 48.1 Å². The Morgan fingerprint density at radius 1 is 1.75 bits per heavy atom. The molecule has 0 saturated heterocycles. The second kappa shape index (κ2) is 4.01. The molecule has 0 radical (unpaired) electrons. The number of hydrogen-bond acceptors (Lipinski definition) is 3. The molecule has 1 aromatic rings. The molecule has 0 bridgehead atoms. The van der Waals surface area contributed by atoms with Crippen LogP contribution in [0.25, 0.3) is 0 Å². The van der Waals surface area contributed by atoms with Gasteiger partial charge in [0.1, 0.15) is 0 Å². The van der Waals surface area contributed by atoms with Crippen molar-refractivity contribution >= 4 is 17.2 Å². The zero-order valence-corrected chi connectivity index (χ0v) is 7.60.